The maximum atomic E-state index is 6.03. The molecule has 0 amide bonds. The van der Waals surface area contributed by atoms with Gasteiger partial charge in [0.2, 0.25) is 0 Å². The fraction of sp³-hybridized carbons (Fsp3) is 0.286. The zero-order valence-corrected chi connectivity index (χ0v) is 12.1. The number of hydrogen-bond acceptors (Lipinski definition) is 5. The molecule has 1 atom stereocenters. The molecule has 1 unspecified atom stereocenters. The van der Waals surface area contributed by atoms with E-state index in [4.69, 9.17) is 15.2 Å². The van der Waals surface area contributed by atoms with Gasteiger partial charge in [-0.2, -0.15) is 11.3 Å². The van der Waals surface area contributed by atoms with Crippen LogP contribution >= 0.6 is 11.3 Å². The van der Waals surface area contributed by atoms with Crippen LogP contribution in [-0.4, -0.2) is 14.2 Å². The molecule has 19 heavy (non-hydrogen) atoms. The summed E-state index contributed by atoms with van der Waals surface area (Å²) in [6.07, 6.45) is 0. The minimum absolute atomic E-state index is 0.187. The molecule has 1 heterocycles. The molecule has 3 N–H and O–H groups in total. The fourth-order valence-electron chi connectivity index (χ4n) is 1.86. The van der Waals surface area contributed by atoms with E-state index in [1.165, 1.54) is 5.56 Å². The molecule has 2 rings (SSSR count). The van der Waals surface area contributed by atoms with Gasteiger partial charge in [-0.3, -0.25) is 0 Å². The number of nitrogen functional groups attached to an aromatic ring is 1. The van der Waals surface area contributed by atoms with Crippen LogP contribution in [0.5, 0.6) is 11.5 Å². The van der Waals surface area contributed by atoms with Crippen molar-refractivity contribution in [1.82, 2.24) is 0 Å². The van der Waals surface area contributed by atoms with Crippen LogP contribution in [-0.2, 0) is 0 Å². The number of benzene rings is 1. The molecular weight excluding hydrogens is 260 g/mol. The maximum absolute atomic E-state index is 6.03. The standard InChI is InChI=1S/C14H18N2O2S/c1-9(10-4-5-19-8-10)16-12-7-14(18-3)13(17-2)6-11(12)15/h4-9,16H,15H2,1-3H3. The number of hydrogen-bond donors (Lipinski definition) is 2. The Balaban J connectivity index is 2.25. The number of nitrogens with two attached hydrogens (primary N) is 1. The van der Waals surface area contributed by atoms with E-state index in [9.17, 15) is 0 Å². The molecule has 1 aromatic heterocycles. The molecule has 5 heteroatoms. The molecule has 0 radical (unpaired) electrons. The number of nitrogens with one attached hydrogen (secondary N) is 1. The van der Waals surface area contributed by atoms with Crippen molar-refractivity contribution in [1.29, 1.82) is 0 Å². The average Bonchev–Trinajstić information content (AvgIpc) is 2.94. The van der Waals surface area contributed by atoms with Gasteiger partial charge in [0.05, 0.1) is 25.6 Å². The Morgan fingerprint density at radius 2 is 1.89 bits per heavy atom. The zero-order chi connectivity index (χ0) is 13.8. The van der Waals surface area contributed by atoms with Gasteiger partial charge in [-0.25, -0.2) is 0 Å². The van der Waals surface area contributed by atoms with E-state index in [2.05, 4.69) is 29.1 Å². The Kier molecular flexibility index (Phi) is 4.16. The maximum Gasteiger partial charge on any atom is 0.162 e. The van der Waals surface area contributed by atoms with Crippen molar-refractivity contribution in [3.63, 3.8) is 0 Å². The Labute approximate surface area is 117 Å². The lowest BCUT2D eigenvalue weighted by atomic mass is 10.1. The van der Waals surface area contributed by atoms with Crippen LogP contribution in [0.25, 0.3) is 0 Å². The second-order valence-corrected chi connectivity index (χ2v) is 5.00. The van der Waals surface area contributed by atoms with Crippen LogP contribution in [0.1, 0.15) is 18.5 Å². The van der Waals surface area contributed by atoms with Crippen molar-refractivity contribution < 1.29 is 9.47 Å². The van der Waals surface area contributed by atoms with Crippen LogP contribution < -0.4 is 20.5 Å². The smallest absolute Gasteiger partial charge is 0.162 e. The van der Waals surface area contributed by atoms with Crippen LogP contribution in [0.4, 0.5) is 11.4 Å². The fourth-order valence-corrected chi connectivity index (χ4v) is 2.61. The Morgan fingerprint density at radius 3 is 2.47 bits per heavy atom. The van der Waals surface area contributed by atoms with Gasteiger partial charge >= 0.3 is 0 Å². The molecule has 0 spiro atoms. The highest BCUT2D eigenvalue weighted by Gasteiger charge is 2.12. The number of anilines is 2. The number of ether oxygens (including phenoxy) is 2. The molecule has 4 nitrogen and oxygen atoms in total. The van der Waals surface area contributed by atoms with E-state index in [1.807, 2.05) is 6.07 Å². The summed E-state index contributed by atoms with van der Waals surface area (Å²) >= 11 is 1.68. The summed E-state index contributed by atoms with van der Waals surface area (Å²) < 4.78 is 10.5. The molecule has 1 aromatic carbocycles. The number of thiophene rings is 1. The Hall–Kier alpha value is -1.88. The van der Waals surface area contributed by atoms with E-state index in [1.54, 1.807) is 31.6 Å². The second kappa shape index (κ2) is 5.84. The Bertz CT molecular complexity index is 541. The lowest BCUT2D eigenvalue weighted by Crippen LogP contribution is -2.08. The minimum Gasteiger partial charge on any atom is -0.493 e. The summed E-state index contributed by atoms with van der Waals surface area (Å²) in [5, 5.41) is 7.57. The summed E-state index contributed by atoms with van der Waals surface area (Å²) in [7, 11) is 3.21. The summed E-state index contributed by atoms with van der Waals surface area (Å²) in [5.74, 6) is 1.30. The summed E-state index contributed by atoms with van der Waals surface area (Å²) in [6, 6.07) is 5.91. The molecular formula is C14H18N2O2S. The third kappa shape index (κ3) is 2.93. The van der Waals surface area contributed by atoms with E-state index >= 15 is 0 Å². The molecule has 102 valence electrons. The van der Waals surface area contributed by atoms with Crippen LogP contribution in [0.15, 0.2) is 29.0 Å². The lowest BCUT2D eigenvalue weighted by molar-refractivity contribution is 0.355. The van der Waals surface area contributed by atoms with Gasteiger partial charge in [-0.15, -0.1) is 0 Å². The first-order valence-corrected chi connectivity index (χ1v) is 6.90. The van der Waals surface area contributed by atoms with Crippen LogP contribution in [0.2, 0.25) is 0 Å². The van der Waals surface area contributed by atoms with Crippen molar-refractivity contribution in [2.75, 3.05) is 25.3 Å². The van der Waals surface area contributed by atoms with Crippen molar-refractivity contribution in [2.24, 2.45) is 0 Å². The quantitative estimate of drug-likeness (QED) is 0.822. The highest BCUT2D eigenvalue weighted by molar-refractivity contribution is 7.07. The molecule has 0 bridgehead atoms. The third-order valence-electron chi connectivity index (χ3n) is 2.97. The highest BCUT2D eigenvalue weighted by atomic mass is 32.1. The average molecular weight is 278 g/mol. The SMILES string of the molecule is COc1cc(N)c(NC(C)c2ccsc2)cc1OC. The first kappa shape index (κ1) is 13.5. The normalized spacial score (nSPS) is 11.9. The second-order valence-electron chi connectivity index (χ2n) is 4.22. The predicted molar refractivity (Wildman–Crippen MR) is 80.3 cm³/mol. The van der Waals surface area contributed by atoms with Crippen molar-refractivity contribution in [3.8, 4) is 11.5 Å². The number of rotatable bonds is 5. The van der Waals surface area contributed by atoms with Gasteiger partial charge in [-0.1, -0.05) is 0 Å². The van der Waals surface area contributed by atoms with Gasteiger partial charge in [0, 0.05) is 18.2 Å². The third-order valence-corrected chi connectivity index (χ3v) is 3.67. The number of methoxy groups -OCH3 is 2. The van der Waals surface area contributed by atoms with E-state index in [0.717, 1.165) is 5.69 Å². The van der Waals surface area contributed by atoms with Crippen LogP contribution in [0.3, 0.4) is 0 Å². The van der Waals surface area contributed by atoms with E-state index < -0.39 is 0 Å². The van der Waals surface area contributed by atoms with Gasteiger partial charge < -0.3 is 20.5 Å². The van der Waals surface area contributed by atoms with Gasteiger partial charge in [0.15, 0.2) is 11.5 Å². The lowest BCUT2D eigenvalue weighted by Gasteiger charge is -2.18. The molecule has 0 aliphatic rings. The summed E-state index contributed by atoms with van der Waals surface area (Å²) in [6.45, 7) is 2.10. The topological polar surface area (TPSA) is 56.5 Å². The molecule has 0 aliphatic heterocycles. The molecule has 0 aliphatic carbocycles. The van der Waals surface area contributed by atoms with Crippen molar-refractivity contribution in [2.45, 2.75) is 13.0 Å². The van der Waals surface area contributed by atoms with Crippen molar-refractivity contribution in [3.05, 3.63) is 34.5 Å². The first-order valence-electron chi connectivity index (χ1n) is 5.95. The molecule has 0 fully saturated rings. The minimum atomic E-state index is 0.187. The predicted octanol–water partition coefficient (Wildman–Crippen LogP) is 3.52. The summed E-state index contributed by atoms with van der Waals surface area (Å²) in [4.78, 5) is 0. The molecule has 0 saturated heterocycles. The van der Waals surface area contributed by atoms with E-state index in [0.29, 0.717) is 17.2 Å². The zero-order valence-electron chi connectivity index (χ0n) is 11.3. The molecule has 2 aromatic rings. The van der Waals surface area contributed by atoms with Gasteiger partial charge in [-0.05, 0) is 29.3 Å². The van der Waals surface area contributed by atoms with Gasteiger partial charge in [0.1, 0.15) is 0 Å². The van der Waals surface area contributed by atoms with Crippen LogP contribution in [0, 0.1) is 0 Å². The molecule has 0 saturated carbocycles. The largest absolute Gasteiger partial charge is 0.493 e. The highest BCUT2D eigenvalue weighted by Crippen LogP contribution is 2.36. The van der Waals surface area contributed by atoms with E-state index in [-0.39, 0.29) is 6.04 Å². The van der Waals surface area contributed by atoms with Gasteiger partial charge in [0.25, 0.3) is 0 Å². The summed E-state index contributed by atoms with van der Waals surface area (Å²) in [5.41, 5.74) is 8.74. The van der Waals surface area contributed by atoms with Crippen molar-refractivity contribution >= 4 is 22.7 Å². The monoisotopic (exact) mass is 278 g/mol. The first-order chi connectivity index (χ1) is 9.15. The Morgan fingerprint density at radius 1 is 1.21 bits per heavy atom.